The molecule has 102 valence electrons. The number of nitrogens with zero attached hydrogens (tertiary/aromatic N) is 2. The summed E-state index contributed by atoms with van der Waals surface area (Å²) in [5.74, 6) is 1.65. The maximum absolute atomic E-state index is 5.35. The zero-order valence-electron chi connectivity index (χ0n) is 11.5. The van der Waals surface area contributed by atoms with Gasteiger partial charge in [0.05, 0.1) is 19.9 Å². The highest BCUT2D eigenvalue weighted by Crippen LogP contribution is 2.27. The van der Waals surface area contributed by atoms with Crippen molar-refractivity contribution in [2.75, 3.05) is 14.2 Å². The normalized spacial score (nSPS) is 10.5. The minimum Gasteiger partial charge on any atom is -0.496 e. The van der Waals surface area contributed by atoms with Crippen LogP contribution in [-0.2, 0) is 20.1 Å². The standard InChI is InChI=1S/C14H19N3O2/c1-17-8-7-11(16-17)9-15-10-12-13(18-2)5-4-6-14(12)19-3/h4-8,15H,9-10H2,1-3H3. The molecule has 0 bridgehead atoms. The van der Waals surface area contributed by atoms with Gasteiger partial charge in [0.25, 0.3) is 0 Å². The smallest absolute Gasteiger partial charge is 0.127 e. The zero-order valence-corrected chi connectivity index (χ0v) is 11.5. The molecule has 1 N–H and O–H groups in total. The summed E-state index contributed by atoms with van der Waals surface area (Å²) in [5.41, 5.74) is 2.03. The van der Waals surface area contributed by atoms with Crippen LogP contribution < -0.4 is 14.8 Å². The average Bonchev–Trinajstić information content (AvgIpc) is 2.84. The van der Waals surface area contributed by atoms with Gasteiger partial charge in [-0.2, -0.15) is 5.10 Å². The van der Waals surface area contributed by atoms with Crippen LogP contribution >= 0.6 is 0 Å². The molecule has 0 aliphatic carbocycles. The van der Waals surface area contributed by atoms with Crippen molar-refractivity contribution in [1.82, 2.24) is 15.1 Å². The van der Waals surface area contributed by atoms with E-state index in [2.05, 4.69) is 10.4 Å². The molecule has 0 saturated heterocycles. The zero-order chi connectivity index (χ0) is 13.7. The third kappa shape index (κ3) is 3.26. The Hall–Kier alpha value is -2.01. The number of methoxy groups -OCH3 is 2. The van der Waals surface area contributed by atoms with Crippen LogP contribution in [-0.4, -0.2) is 24.0 Å². The van der Waals surface area contributed by atoms with Crippen LogP contribution in [0.2, 0.25) is 0 Å². The molecule has 5 nitrogen and oxygen atoms in total. The topological polar surface area (TPSA) is 48.3 Å². The van der Waals surface area contributed by atoms with Crippen LogP contribution in [0, 0.1) is 0 Å². The van der Waals surface area contributed by atoms with E-state index in [-0.39, 0.29) is 0 Å². The monoisotopic (exact) mass is 261 g/mol. The van der Waals surface area contributed by atoms with E-state index in [1.807, 2.05) is 37.5 Å². The molecule has 1 heterocycles. The lowest BCUT2D eigenvalue weighted by atomic mass is 10.1. The van der Waals surface area contributed by atoms with Gasteiger partial charge in [-0.05, 0) is 18.2 Å². The summed E-state index contributed by atoms with van der Waals surface area (Å²) < 4.78 is 12.5. The van der Waals surface area contributed by atoms with Crippen molar-refractivity contribution in [2.45, 2.75) is 13.1 Å². The molecule has 0 atom stereocenters. The second-order valence-electron chi connectivity index (χ2n) is 4.23. The summed E-state index contributed by atoms with van der Waals surface area (Å²) in [6.07, 6.45) is 1.93. The van der Waals surface area contributed by atoms with E-state index in [9.17, 15) is 0 Å². The highest BCUT2D eigenvalue weighted by molar-refractivity contribution is 5.44. The Morgan fingerprint density at radius 3 is 2.32 bits per heavy atom. The Labute approximate surface area is 113 Å². The van der Waals surface area contributed by atoms with Crippen molar-refractivity contribution in [3.05, 3.63) is 41.7 Å². The molecule has 0 radical (unpaired) electrons. The number of rotatable bonds is 6. The summed E-state index contributed by atoms with van der Waals surface area (Å²) in [4.78, 5) is 0. The van der Waals surface area contributed by atoms with Gasteiger partial charge in [0.2, 0.25) is 0 Å². The fraction of sp³-hybridized carbons (Fsp3) is 0.357. The number of benzene rings is 1. The highest BCUT2D eigenvalue weighted by Gasteiger charge is 2.09. The second-order valence-corrected chi connectivity index (χ2v) is 4.23. The molecular weight excluding hydrogens is 242 g/mol. The van der Waals surface area contributed by atoms with Crippen LogP contribution in [0.15, 0.2) is 30.5 Å². The molecule has 0 fully saturated rings. The van der Waals surface area contributed by atoms with Gasteiger partial charge in [-0.3, -0.25) is 4.68 Å². The predicted molar refractivity (Wildman–Crippen MR) is 73.3 cm³/mol. The Morgan fingerprint density at radius 2 is 1.79 bits per heavy atom. The van der Waals surface area contributed by atoms with Crippen LogP contribution in [0.25, 0.3) is 0 Å². The van der Waals surface area contributed by atoms with Gasteiger partial charge >= 0.3 is 0 Å². The Balaban J connectivity index is 2.02. The van der Waals surface area contributed by atoms with Crippen molar-refractivity contribution in [3.8, 4) is 11.5 Å². The molecule has 1 aromatic carbocycles. The van der Waals surface area contributed by atoms with Crippen molar-refractivity contribution in [1.29, 1.82) is 0 Å². The van der Waals surface area contributed by atoms with E-state index in [0.717, 1.165) is 22.8 Å². The average molecular weight is 261 g/mol. The first-order chi connectivity index (χ1) is 9.24. The molecule has 5 heteroatoms. The maximum atomic E-state index is 5.35. The molecule has 19 heavy (non-hydrogen) atoms. The van der Waals surface area contributed by atoms with Gasteiger partial charge in [0, 0.05) is 31.9 Å². The summed E-state index contributed by atoms with van der Waals surface area (Å²) in [6.45, 7) is 1.38. The van der Waals surface area contributed by atoms with Crippen molar-refractivity contribution < 1.29 is 9.47 Å². The van der Waals surface area contributed by atoms with Crippen LogP contribution in [0.3, 0.4) is 0 Å². The molecule has 0 aliphatic rings. The van der Waals surface area contributed by atoms with E-state index >= 15 is 0 Å². The predicted octanol–water partition coefficient (Wildman–Crippen LogP) is 1.73. The first-order valence-electron chi connectivity index (χ1n) is 6.13. The molecule has 0 aliphatic heterocycles. The molecule has 0 saturated carbocycles. The van der Waals surface area contributed by atoms with Gasteiger partial charge in [-0.25, -0.2) is 0 Å². The fourth-order valence-electron chi connectivity index (χ4n) is 1.98. The van der Waals surface area contributed by atoms with E-state index < -0.39 is 0 Å². The van der Waals surface area contributed by atoms with Gasteiger partial charge in [0.1, 0.15) is 11.5 Å². The minimum absolute atomic E-state index is 0.670. The Kier molecular flexibility index (Phi) is 4.41. The molecule has 2 rings (SSSR count). The number of aryl methyl sites for hydroxylation is 1. The number of nitrogens with one attached hydrogen (secondary N) is 1. The van der Waals surface area contributed by atoms with Crippen LogP contribution in [0.5, 0.6) is 11.5 Å². The number of hydrogen-bond acceptors (Lipinski definition) is 4. The quantitative estimate of drug-likeness (QED) is 0.860. The van der Waals surface area contributed by atoms with Crippen molar-refractivity contribution in [3.63, 3.8) is 0 Å². The third-order valence-corrected chi connectivity index (χ3v) is 2.91. The number of hydrogen-bond donors (Lipinski definition) is 1. The first-order valence-corrected chi connectivity index (χ1v) is 6.13. The van der Waals surface area contributed by atoms with Gasteiger partial charge in [0.15, 0.2) is 0 Å². The Bertz CT molecular complexity index is 515. The van der Waals surface area contributed by atoms with Crippen molar-refractivity contribution in [2.24, 2.45) is 7.05 Å². The first kappa shape index (κ1) is 13.4. The number of aromatic nitrogens is 2. The molecule has 0 spiro atoms. The van der Waals surface area contributed by atoms with Gasteiger partial charge < -0.3 is 14.8 Å². The summed E-state index contributed by atoms with van der Waals surface area (Å²) >= 11 is 0. The summed E-state index contributed by atoms with van der Waals surface area (Å²) in [5, 5.41) is 7.66. The molecular formula is C14H19N3O2. The molecule has 1 aromatic heterocycles. The molecule has 0 unspecified atom stereocenters. The van der Waals surface area contributed by atoms with E-state index in [0.29, 0.717) is 13.1 Å². The molecule has 0 amide bonds. The van der Waals surface area contributed by atoms with Crippen LogP contribution in [0.1, 0.15) is 11.3 Å². The van der Waals surface area contributed by atoms with Crippen LogP contribution in [0.4, 0.5) is 0 Å². The second kappa shape index (κ2) is 6.24. The minimum atomic E-state index is 0.670. The van der Waals surface area contributed by atoms with Gasteiger partial charge in [-0.15, -0.1) is 0 Å². The van der Waals surface area contributed by atoms with Gasteiger partial charge in [-0.1, -0.05) is 6.07 Å². The molecule has 2 aromatic rings. The lowest BCUT2D eigenvalue weighted by Crippen LogP contribution is -2.14. The largest absolute Gasteiger partial charge is 0.496 e. The lowest BCUT2D eigenvalue weighted by molar-refractivity contribution is 0.382. The third-order valence-electron chi connectivity index (χ3n) is 2.91. The fourth-order valence-corrected chi connectivity index (χ4v) is 1.98. The maximum Gasteiger partial charge on any atom is 0.127 e. The Morgan fingerprint density at radius 1 is 1.11 bits per heavy atom. The van der Waals surface area contributed by atoms with E-state index in [1.54, 1.807) is 18.9 Å². The van der Waals surface area contributed by atoms with Crippen molar-refractivity contribution >= 4 is 0 Å². The highest BCUT2D eigenvalue weighted by atomic mass is 16.5. The van der Waals surface area contributed by atoms with E-state index in [4.69, 9.17) is 9.47 Å². The summed E-state index contributed by atoms with van der Waals surface area (Å²) in [7, 11) is 5.24. The van der Waals surface area contributed by atoms with E-state index in [1.165, 1.54) is 0 Å². The SMILES string of the molecule is COc1cccc(OC)c1CNCc1ccn(C)n1. The summed E-state index contributed by atoms with van der Waals surface area (Å²) in [6, 6.07) is 7.77. The lowest BCUT2D eigenvalue weighted by Gasteiger charge is -2.13. The number of ether oxygens (including phenoxy) is 2.